The van der Waals surface area contributed by atoms with Crippen molar-refractivity contribution in [2.45, 2.75) is 13.3 Å². The number of phenolic OH excluding ortho intramolecular Hbond substituents is 1. The van der Waals surface area contributed by atoms with Crippen LogP contribution < -0.4 is 5.43 Å². The lowest BCUT2D eigenvalue weighted by Gasteiger charge is -2.09. The van der Waals surface area contributed by atoms with E-state index in [4.69, 9.17) is 4.42 Å². The molecule has 4 rings (SSSR count). The van der Waals surface area contributed by atoms with E-state index < -0.39 is 0 Å². The molecule has 0 amide bonds. The topological polar surface area (TPSA) is 98.2 Å². The number of rotatable bonds is 4. The zero-order chi connectivity index (χ0) is 19.0. The van der Waals surface area contributed by atoms with Crippen LogP contribution in [-0.2, 0) is 6.42 Å². The molecule has 0 fully saturated rings. The van der Waals surface area contributed by atoms with Gasteiger partial charge in [-0.1, -0.05) is 25.1 Å². The van der Waals surface area contributed by atoms with E-state index >= 15 is 0 Å². The number of aromatic hydroxyl groups is 1. The van der Waals surface area contributed by atoms with E-state index in [1.165, 1.54) is 12.6 Å². The molecule has 0 aliphatic rings. The van der Waals surface area contributed by atoms with Crippen LogP contribution in [0.1, 0.15) is 22.8 Å². The summed E-state index contributed by atoms with van der Waals surface area (Å²) < 4.78 is 7.25. The first kappa shape index (κ1) is 16.7. The van der Waals surface area contributed by atoms with Crippen LogP contribution in [0.4, 0.5) is 0 Å². The number of aromatic nitrogens is 3. The highest BCUT2D eigenvalue weighted by atomic mass is 16.3. The predicted octanol–water partition coefficient (Wildman–Crippen LogP) is 3.12. The Bertz CT molecular complexity index is 1210. The summed E-state index contributed by atoms with van der Waals surface area (Å²) in [6, 6.07) is 10.9. The van der Waals surface area contributed by atoms with Gasteiger partial charge in [-0.15, -0.1) is 10.2 Å². The van der Waals surface area contributed by atoms with Crippen LogP contribution in [0.15, 0.2) is 58.2 Å². The summed E-state index contributed by atoms with van der Waals surface area (Å²) in [7, 11) is 0. The molecule has 134 valence electrons. The maximum absolute atomic E-state index is 13.1. The summed E-state index contributed by atoms with van der Waals surface area (Å²) in [5, 5.41) is 18.4. The van der Waals surface area contributed by atoms with Gasteiger partial charge in [0.2, 0.25) is 5.43 Å². The number of hydrogen-bond acceptors (Lipinski definition) is 6. The first-order chi connectivity index (χ1) is 13.2. The van der Waals surface area contributed by atoms with Crippen LogP contribution in [0.2, 0.25) is 0 Å². The number of carbonyl (C=O) groups is 1. The molecule has 0 unspecified atom stereocenters. The van der Waals surface area contributed by atoms with Gasteiger partial charge in [0.25, 0.3) is 0 Å². The molecule has 2 aromatic carbocycles. The number of phenols is 1. The van der Waals surface area contributed by atoms with Crippen molar-refractivity contribution in [1.82, 2.24) is 14.8 Å². The maximum Gasteiger partial charge on any atom is 0.203 e. The molecule has 2 aromatic heterocycles. The normalized spacial score (nSPS) is 11.0. The maximum atomic E-state index is 13.1. The van der Waals surface area contributed by atoms with Crippen molar-refractivity contribution in [3.8, 4) is 22.8 Å². The van der Waals surface area contributed by atoms with Gasteiger partial charge in [0.05, 0.1) is 10.9 Å². The van der Waals surface area contributed by atoms with E-state index in [2.05, 4.69) is 10.2 Å². The average molecular weight is 361 g/mol. The Morgan fingerprint density at radius 2 is 2.04 bits per heavy atom. The standard InChI is InChI=1S/C20H15N3O4/c1-2-12-8-14-18(26)16(10-27-19(14)15(9-24)17(12)25)20-22-21-11-23(20)13-6-4-3-5-7-13/h3-11,25H,2H2,1H3. The minimum atomic E-state index is -0.348. The lowest BCUT2D eigenvalue weighted by atomic mass is 10.0. The van der Waals surface area contributed by atoms with E-state index in [1.54, 1.807) is 10.6 Å². The van der Waals surface area contributed by atoms with Crippen molar-refractivity contribution < 1.29 is 14.3 Å². The third-order valence-electron chi connectivity index (χ3n) is 4.47. The van der Waals surface area contributed by atoms with E-state index in [1.807, 2.05) is 37.3 Å². The predicted molar refractivity (Wildman–Crippen MR) is 99.3 cm³/mol. The number of hydrogen-bond donors (Lipinski definition) is 1. The summed E-state index contributed by atoms with van der Waals surface area (Å²) in [4.78, 5) is 24.5. The molecular weight excluding hydrogens is 346 g/mol. The summed E-state index contributed by atoms with van der Waals surface area (Å²) >= 11 is 0. The Balaban J connectivity index is 2.00. The van der Waals surface area contributed by atoms with Gasteiger partial charge in [-0.3, -0.25) is 14.2 Å². The number of nitrogens with zero attached hydrogens (tertiary/aromatic N) is 3. The van der Waals surface area contributed by atoms with Gasteiger partial charge >= 0.3 is 0 Å². The van der Waals surface area contributed by atoms with Gasteiger partial charge in [0.15, 0.2) is 17.7 Å². The van der Waals surface area contributed by atoms with Gasteiger partial charge in [0, 0.05) is 5.69 Å². The lowest BCUT2D eigenvalue weighted by molar-refractivity contribution is 0.112. The molecule has 0 aliphatic carbocycles. The van der Waals surface area contributed by atoms with Crippen molar-refractivity contribution in [1.29, 1.82) is 0 Å². The lowest BCUT2D eigenvalue weighted by Crippen LogP contribution is -2.10. The third kappa shape index (κ3) is 2.60. The number of fused-ring (bicyclic) bond motifs is 1. The highest BCUT2D eigenvalue weighted by Crippen LogP contribution is 2.30. The summed E-state index contributed by atoms with van der Waals surface area (Å²) in [6.45, 7) is 1.83. The number of aryl methyl sites for hydroxylation is 1. The fourth-order valence-corrected chi connectivity index (χ4v) is 3.08. The largest absolute Gasteiger partial charge is 0.507 e. The van der Waals surface area contributed by atoms with Crippen LogP contribution >= 0.6 is 0 Å². The highest BCUT2D eigenvalue weighted by Gasteiger charge is 2.20. The Morgan fingerprint density at radius 1 is 1.26 bits per heavy atom. The van der Waals surface area contributed by atoms with E-state index in [0.717, 1.165) is 5.69 Å². The third-order valence-corrected chi connectivity index (χ3v) is 4.47. The second kappa shape index (κ2) is 6.53. The molecule has 27 heavy (non-hydrogen) atoms. The molecule has 0 bridgehead atoms. The van der Waals surface area contributed by atoms with Crippen LogP contribution in [-0.4, -0.2) is 26.2 Å². The van der Waals surface area contributed by atoms with Crippen molar-refractivity contribution >= 4 is 17.3 Å². The average Bonchev–Trinajstić information content (AvgIpc) is 3.18. The second-order valence-corrected chi connectivity index (χ2v) is 5.98. The van der Waals surface area contributed by atoms with Gasteiger partial charge in [0.1, 0.15) is 23.9 Å². The van der Waals surface area contributed by atoms with Gasteiger partial charge in [-0.05, 0) is 30.2 Å². The molecule has 1 N–H and O–H groups in total. The minimum absolute atomic E-state index is 0.0301. The zero-order valence-corrected chi connectivity index (χ0v) is 14.4. The minimum Gasteiger partial charge on any atom is -0.507 e. The molecule has 0 saturated heterocycles. The van der Waals surface area contributed by atoms with E-state index in [0.29, 0.717) is 24.1 Å². The van der Waals surface area contributed by atoms with Gasteiger partial charge in [-0.2, -0.15) is 0 Å². The van der Waals surface area contributed by atoms with E-state index in [9.17, 15) is 14.7 Å². The van der Waals surface area contributed by atoms with Crippen LogP contribution in [0.25, 0.3) is 28.0 Å². The molecular formula is C20H15N3O4. The summed E-state index contributed by atoms with van der Waals surface area (Å²) in [6.07, 6.45) is 3.71. The summed E-state index contributed by atoms with van der Waals surface area (Å²) in [5.74, 6) is 0.166. The number of benzene rings is 2. The van der Waals surface area contributed by atoms with Gasteiger partial charge in [-0.25, -0.2) is 0 Å². The Kier molecular flexibility index (Phi) is 4.04. The molecule has 7 heteroatoms. The first-order valence-electron chi connectivity index (χ1n) is 8.37. The van der Waals surface area contributed by atoms with Gasteiger partial charge < -0.3 is 9.52 Å². The van der Waals surface area contributed by atoms with Crippen molar-refractivity contribution in [2.75, 3.05) is 0 Å². The quantitative estimate of drug-likeness (QED) is 0.561. The molecule has 0 atom stereocenters. The molecule has 7 nitrogen and oxygen atoms in total. The number of carbonyl (C=O) groups excluding carboxylic acids is 1. The molecule has 0 radical (unpaired) electrons. The number of aldehydes is 1. The molecule has 4 aromatic rings. The van der Waals surface area contributed by atoms with Crippen molar-refractivity contribution in [2.24, 2.45) is 0 Å². The van der Waals surface area contributed by atoms with Crippen molar-refractivity contribution in [3.05, 3.63) is 70.3 Å². The molecule has 2 heterocycles. The van der Waals surface area contributed by atoms with Crippen molar-refractivity contribution in [3.63, 3.8) is 0 Å². The summed E-state index contributed by atoms with van der Waals surface area (Å²) in [5.41, 5.74) is 1.19. The first-order valence-corrected chi connectivity index (χ1v) is 8.37. The van der Waals surface area contributed by atoms with E-state index in [-0.39, 0.29) is 33.3 Å². The highest BCUT2D eigenvalue weighted by molar-refractivity contribution is 5.99. The monoisotopic (exact) mass is 361 g/mol. The molecule has 0 saturated carbocycles. The number of para-hydroxylation sites is 1. The zero-order valence-electron chi connectivity index (χ0n) is 14.4. The smallest absolute Gasteiger partial charge is 0.203 e. The Labute approximate surface area is 153 Å². The SMILES string of the molecule is CCc1cc2c(=O)c(-c3nncn3-c3ccccc3)coc2c(C=O)c1O. The van der Waals surface area contributed by atoms with Crippen LogP contribution in [0.5, 0.6) is 5.75 Å². The molecule has 0 aliphatic heterocycles. The Morgan fingerprint density at radius 3 is 2.74 bits per heavy atom. The second-order valence-electron chi connectivity index (χ2n) is 5.98. The fourth-order valence-electron chi connectivity index (χ4n) is 3.08. The van der Waals surface area contributed by atoms with Crippen LogP contribution in [0, 0.1) is 0 Å². The molecule has 0 spiro atoms. The fraction of sp³-hybridized carbons (Fsp3) is 0.100. The van der Waals surface area contributed by atoms with Crippen LogP contribution in [0.3, 0.4) is 0 Å². The Hall–Kier alpha value is -3.74.